The molecule has 0 atom stereocenters. The van der Waals surface area contributed by atoms with Gasteiger partial charge in [-0.2, -0.15) is 5.10 Å². The Kier molecular flexibility index (Phi) is 7.54. The summed E-state index contributed by atoms with van der Waals surface area (Å²) in [6.45, 7) is 12.1. The molecule has 2 fully saturated rings. The molecule has 4 rings (SSSR count). The standard InChI is InChI=1S/C26H37Cl2N3O2Si/c1-26(2,3)34(4,5)33-17-18-6-8-19(9-7-18)30(20-10-11-20)21-12-14-22(15-13-21)31-25(32)24(28)23(27)16-29-31/h6-9,16,20-22H,10-15,17H2,1-5H3/t21-,22-. The zero-order chi connectivity index (χ0) is 24.7. The number of nitrogens with zero attached hydrogens (tertiary/aromatic N) is 3. The summed E-state index contributed by atoms with van der Waals surface area (Å²) in [7, 11) is -1.76. The topological polar surface area (TPSA) is 47.4 Å². The van der Waals surface area contributed by atoms with E-state index in [-0.39, 0.29) is 26.7 Å². The molecule has 0 saturated heterocycles. The van der Waals surface area contributed by atoms with Crippen molar-refractivity contribution in [2.24, 2.45) is 0 Å². The predicted octanol–water partition coefficient (Wildman–Crippen LogP) is 7.22. The van der Waals surface area contributed by atoms with Crippen LogP contribution in [0.5, 0.6) is 0 Å². The Bertz CT molecular complexity index is 1050. The Labute approximate surface area is 214 Å². The van der Waals surface area contributed by atoms with Crippen LogP contribution < -0.4 is 10.5 Å². The number of aromatic nitrogens is 2. The number of hydrogen-bond donors (Lipinski definition) is 0. The van der Waals surface area contributed by atoms with Crippen LogP contribution in [0.25, 0.3) is 0 Å². The third kappa shape index (κ3) is 5.56. The highest BCUT2D eigenvalue weighted by atomic mass is 35.5. The smallest absolute Gasteiger partial charge is 0.287 e. The lowest BCUT2D eigenvalue weighted by molar-refractivity contribution is 0.276. The average molecular weight is 523 g/mol. The second-order valence-corrected chi connectivity index (χ2v) is 17.0. The zero-order valence-corrected chi connectivity index (χ0v) is 23.5. The summed E-state index contributed by atoms with van der Waals surface area (Å²) in [4.78, 5) is 15.1. The van der Waals surface area contributed by atoms with Gasteiger partial charge in [-0.05, 0) is 74.4 Å². The Morgan fingerprint density at radius 2 is 1.59 bits per heavy atom. The molecule has 5 nitrogen and oxygen atoms in total. The Morgan fingerprint density at radius 1 is 1.03 bits per heavy atom. The number of rotatable bonds is 7. The van der Waals surface area contributed by atoms with E-state index in [2.05, 4.69) is 68.1 Å². The van der Waals surface area contributed by atoms with E-state index in [1.165, 1.54) is 35.0 Å². The molecular formula is C26H37Cl2N3O2Si. The van der Waals surface area contributed by atoms with Crippen LogP contribution in [-0.2, 0) is 11.0 Å². The van der Waals surface area contributed by atoms with Gasteiger partial charge in [-0.15, -0.1) is 0 Å². The maximum Gasteiger partial charge on any atom is 0.287 e. The number of hydrogen-bond acceptors (Lipinski definition) is 4. The highest BCUT2D eigenvalue weighted by Gasteiger charge is 2.38. The molecule has 0 radical (unpaired) electrons. The predicted molar refractivity (Wildman–Crippen MR) is 144 cm³/mol. The van der Waals surface area contributed by atoms with Gasteiger partial charge in [-0.1, -0.05) is 56.1 Å². The third-order valence-corrected chi connectivity index (χ3v) is 13.1. The molecule has 8 heteroatoms. The molecule has 1 heterocycles. The highest BCUT2D eigenvalue weighted by Crippen LogP contribution is 2.40. The monoisotopic (exact) mass is 521 g/mol. The Morgan fingerprint density at radius 3 is 2.12 bits per heavy atom. The van der Waals surface area contributed by atoms with Crippen molar-refractivity contribution in [1.82, 2.24) is 9.78 Å². The molecule has 186 valence electrons. The van der Waals surface area contributed by atoms with Crippen molar-refractivity contribution in [3.05, 3.63) is 56.4 Å². The minimum atomic E-state index is -1.76. The second kappa shape index (κ2) is 9.96. The molecule has 2 aromatic rings. The van der Waals surface area contributed by atoms with Crippen molar-refractivity contribution in [1.29, 1.82) is 0 Å². The van der Waals surface area contributed by atoms with E-state index in [1.54, 1.807) is 0 Å². The van der Waals surface area contributed by atoms with E-state index < -0.39 is 8.32 Å². The van der Waals surface area contributed by atoms with E-state index in [0.29, 0.717) is 18.7 Å². The van der Waals surface area contributed by atoms with Gasteiger partial charge in [0.1, 0.15) is 5.02 Å². The van der Waals surface area contributed by atoms with Crippen LogP contribution in [0.4, 0.5) is 5.69 Å². The molecule has 1 aromatic carbocycles. The first-order valence-electron chi connectivity index (χ1n) is 12.4. The summed E-state index contributed by atoms with van der Waals surface area (Å²) in [5.41, 5.74) is 2.25. The normalized spacial score (nSPS) is 21.5. The lowest BCUT2D eigenvalue weighted by atomic mass is 9.89. The molecule has 2 saturated carbocycles. The van der Waals surface area contributed by atoms with Crippen LogP contribution in [0.2, 0.25) is 28.2 Å². The van der Waals surface area contributed by atoms with Gasteiger partial charge in [-0.3, -0.25) is 4.79 Å². The van der Waals surface area contributed by atoms with Crippen molar-refractivity contribution < 1.29 is 4.43 Å². The van der Waals surface area contributed by atoms with Crippen molar-refractivity contribution in [2.45, 2.75) is 102 Å². The molecule has 2 aliphatic carbocycles. The Balaban J connectivity index is 1.41. The lowest BCUT2D eigenvalue weighted by Gasteiger charge is -2.39. The summed E-state index contributed by atoms with van der Waals surface area (Å²) in [6.07, 6.45) is 7.88. The molecule has 0 unspecified atom stereocenters. The molecule has 34 heavy (non-hydrogen) atoms. The fourth-order valence-corrected chi connectivity index (χ4v) is 5.80. The van der Waals surface area contributed by atoms with Gasteiger partial charge in [0.15, 0.2) is 8.32 Å². The van der Waals surface area contributed by atoms with Gasteiger partial charge in [0.05, 0.1) is 23.9 Å². The highest BCUT2D eigenvalue weighted by molar-refractivity contribution is 6.74. The molecule has 2 aliphatic rings. The first kappa shape index (κ1) is 25.7. The summed E-state index contributed by atoms with van der Waals surface area (Å²) in [5, 5.41) is 4.76. The number of benzene rings is 1. The van der Waals surface area contributed by atoms with E-state index in [1.807, 2.05) is 0 Å². The summed E-state index contributed by atoms with van der Waals surface area (Å²) < 4.78 is 7.94. The molecule has 0 bridgehead atoms. The SMILES string of the molecule is CC(C)(C)[Si](C)(C)OCc1ccc(N(C2CC2)[C@H]2CC[C@H](n3ncc(Cl)c(Cl)c3=O)CC2)cc1. The van der Waals surface area contributed by atoms with Crippen LogP contribution in [0.1, 0.15) is 70.9 Å². The zero-order valence-electron chi connectivity index (χ0n) is 21.0. The summed E-state index contributed by atoms with van der Waals surface area (Å²) in [5.74, 6) is 0. The van der Waals surface area contributed by atoms with Crippen molar-refractivity contribution >= 4 is 37.2 Å². The van der Waals surface area contributed by atoms with Crippen LogP contribution in [0, 0.1) is 0 Å². The quantitative estimate of drug-likeness (QED) is 0.360. The van der Waals surface area contributed by atoms with Crippen LogP contribution >= 0.6 is 23.2 Å². The fraction of sp³-hybridized carbons (Fsp3) is 0.615. The van der Waals surface area contributed by atoms with Crippen LogP contribution in [0.3, 0.4) is 0 Å². The number of anilines is 1. The van der Waals surface area contributed by atoms with Crippen molar-refractivity contribution in [3.63, 3.8) is 0 Å². The van der Waals surface area contributed by atoms with Crippen molar-refractivity contribution in [2.75, 3.05) is 4.90 Å². The molecular weight excluding hydrogens is 485 g/mol. The van der Waals surface area contributed by atoms with Crippen LogP contribution in [-0.4, -0.2) is 30.2 Å². The minimum Gasteiger partial charge on any atom is -0.413 e. The molecule has 0 aliphatic heterocycles. The Hall–Kier alpha value is -1.34. The van der Waals surface area contributed by atoms with E-state index in [4.69, 9.17) is 27.6 Å². The fourth-order valence-electron chi connectivity index (χ4n) is 4.58. The van der Waals surface area contributed by atoms with Gasteiger partial charge in [0, 0.05) is 17.8 Å². The first-order chi connectivity index (χ1) is 16.0. The largest absolute Gasteiger partial charge is 0.413 e. The van der Waals surface area contributed by atoms with Gasteiger partial charge >= 0.3 is 0 Å². The third-order valence-electron chi connectivity index (χ3n) is 7.89. The van der Waals surface area contributed by atoms with E-state index >= 15 is 0 Å². The maximum absolute atomic E-state index is 12.5. The van der Waals surface area contributed by atoms with Gasteiger partial charge in [0.2, 0.25) is 0 Å². The molecule has 0 N–H and O–H groups in total. The van der Waals surface area contributed by atoms with E-state index in [9.17, 15) is 4.79 Å². The first-order valence-corrected chi connectivity index (χ1v) is 16.1. The van der Waals surface area contributed by atoms with Gasteiger partial charge < -0.3 is 9.33 Å². The van der Waals surface area contributed by atoms with Gasteiger partial charge in [-0.25, -0.2) is 4.68 Å². The average Bonchev–Trinajstić information content (AvgIpc) is 3.62. The van der Waals surface area contributed by atoms with Crippen LogP contribution in [0.15, 0.2) is 35.3 Å². The minimum absolute atomic E-state index is 0.0658. The van der Waals surface area contributed by atoms with Gasteiger partial charge in [0.25, 0.3) is 5.56 Å². The molecule has 0 amide bonds. The lowest BCUT2D eigenvalue weighted by Crippen LogP contribution is -2.41. The molecule has 0 spiro atoms. The summed E-state index contributed by atoms with van der Waals surface area (Å²) in [6, 6.07) is 10.2. The van der Waals surface area contributed by atoms with Crippen molar-refractivity contribution in [3.8, 4) is 0 Å². The summed E-state index contributed by atoms with van der Waals surface area (Å²) >= 11 is 12.0. The van der Waals surface area contributed by atoms with E-state index in [0.717, 1.165) is 25.7 Å². The maximum atomic E-state index is 12.5. The number of halogens is 2. The second-order valence-electron chi connectivity index (χ2n) is 11.4. The molecule has 1 aromatic heterocycles.